The number of aromatic nitrogens is 1. The number of amides is 1. The Morgan fingerprint density at radius 3 is 2.48 bits per heavy atom. The van der Waals surface area contributed by atoms with Gasteiger partial charge >= 0.3 is 0 Å². The molecule has 0 aliphatic carbocycles. The second kappa shape index (κ2) is 9.14. The van der Waals surface area contributed by atoms with Gasteiger partial charge in [0, 0.05) is 27.9 Å². The Bertz CT molecular complexity index is 1430. The summed E-state index contributed by atoms with van der Waals surface area (Å²) < 4.78 is 5.20. The molecule has 0 spiro atoms. The molecule has 0 aliphatic heterocycles. The van der Waals surface area contributed by atoms with Crippen molar-refractivity contribution in [2.75, 3.05) is 17.7 Å². The van der Waals surface area contributed by atoms with Crippen LogP contribution in [0.3, 0.4) is 0 Å². The highest BCUT2D eigenvalue weighted by molar-refractivity contribution is 7.14. The van der Waals surface area contributed by atoms with E-state index in [0.717, 1.165) is 44.3 Å². The lowest BCUT2D eigenvalue weighted by molar-refractivity contribution is 0.102. The lowest BCUT2D eigenvalue weighted by Gasteiger charge is -2.08. The van der Waals surface area contributed by atoms with E-state index in [4.69, 9.17) is 9.72 Å². The highest BCUT2D eigenvalue weighted by Gasteiger charge is 2.10. The number of fused-ring (bicyclic) bond motifs is 1. The van der Waals surface area contributed by atoms with Crippen LogP contribution in [-0.2, 0) is 0 Å². The van der Waals surface area contributed by atoms with Crippen molar-refractivity contribution in [3.05, 3.63) is 102 Å². The lowest BCUT2D eigenvalue weighted by Crippen LogP contribution is -2.11. The van der Waals surface area contributed by atoms with Crippen LogP contribution in [0, 0.1) is 0 Å². The van der Waals surface area contributed by atoms with Crippen molar-refractivity contribution in [3.63, 3.8) is 0 Å². The zero-order valence-electron chi connectivity index (χ0n) is 17.9. The zero-order chi connectivity index (χ0) is 22.6. The number of nitrogens with zero attached hydrogens (tertiary/aromatic N) is 1. The predicted molar refractivity (Wildman–Crippen MR) is 136 cm³/mol. The Kier molecular flexibility index (Phi) is 5.74. The molecule has 4 aromatic carbocycles. The van der Waals surface area contributed by atoms with Gasteiger partial charge in [0.2, 0.25) is 0 Å². The molecule has 0 saturated carbocycles. The predicted octanol–water partition coefficient (Wildman–Crippen LogP) is 6.97. The third-order valence-corrected chi connectivity index (χ3v) is 6.03. The van der Waals surface area contributed by atoms with E-state index in [-0.39, 0.29) is 5.91 Å². The first kappa shape index (κ1) is 20.7. The van der Waals surface area contributed by atoms with E-state index in [1.165, 1.54) is 11.3 Å². The third kappa shape index (κ3) is 4.71. The molecule has 0 bridgehead atoms. The summed E-state index contributed by atoms with van der Waals surface area (Å²) in [4.78, 5) is 17.5. The van der Waals surface area contributed by atoms with Gasteiger partial charge in [-0.1, -0.05) is 42.5 Å². The van der Waals surface area contributed by atoms with Crippen molar-refractivity contribution in [2.45, 2.75) is 0 Å². The number of thiazole rings is 1. The molecule has 0 radical (unpaired) electrons. The molecule has 33 heavy (non-hydrogen) atoms. The van der Waals surface area contributed by atoms with Gasteiger partial charge in [-0.3, -0.25) is 4.79 Å². The number of carbonyl (C=O) groups is 1. The first-order valence-corrected chi connectivity index (χ1v) is 11.3. The number of methoxy groups -OCH3 is 1. The summed E-state index contributed by atoms with van der Waals surface area (Å²) in [5.74, 6) is 0.668. The minimum atomic E-state index is -0.141. The highest BCUT2D eigenvalue weighted by atomic mass is 32.1. The van der Waals surface area contributed by atoms with Crippen LogP contribution in [-0.4, -0.2) is 18.0 Å². The van der Waals surface area contributed by atoms with Crippen LogP contribution < -0.4 is 15.4 Å². The number of carbonyl (C=O) groups excluding carboxylic acids is 1. The van der Waals surface area contributed by atoms with Gasteiger partial charge in [-0.05, 0) is 59.3 Å². The molecule has 0 aliphatic rings. The van der Waals surface area contributed by atoms with Crippen molar-refractivity contribution in [3.8, 4) is 17.0 Å². The smallest absolute Gasteiger partial charge is 0.255 e. The number of ether oxygens (including phenoxy) is 1. The normalized spacial score (nSPS) is 10.7. The molecular weight excluding hydrogens is 430 g/mol. The summed E-state index contributed by atoms with van der Waals surface area (Å²) >= 11 is 1.53. The van der Waals surface area contributed by atoms with Crippen LogP contribution >= 0.6 is 11.3 Å². The molecule has 2 N–H and O–H groups in total. The lowest BCUT2D eigenvalue weighted by atomic mass is 10.1. The van der Waals surface area contributed by atoms with Crippen molar-refractivity contribution in [2.24, 2.45) is 0 Å². The van der Waals surface area contributed by atoms with E-state index < -0.39 is 0 Å². The Morgan fingerprint density at radius 2 is 1.67 bits per heavy atom. The van der Waals surface area contributed by atoms with Gasteiger partial charge in [0.05, 0.1) is 12.8 Å². The molecule has 1 aromatic heterocycles. The number of nitrogens with one attached hydrogen (secondary N) is 2. The van der Waals surface area contributed by atoms with Crippen LogP contribution in [0.5, 0.6) is 5.75 Å². The first-order valence-electron chi connectivity index (χ1n) is 10.5. The quantitative estimate of drug-likeness (QED) is 0.293. The van der Waals surface area contributed by atoms with E-state index in [1.807, 2.05) is 96.4 Å². The van der Waals surface area contributed by atoms with Crippen LogP contribution in [0.15, 0.2) is 96.4 Å². The fourth-order valence-electron chi connectivity index (χ4n) is 3.55. The first-order chi connectivity index (χ1) is 16.2. The summed E-state index contributed by atoms with van der Waals surface area (Å²) in [5.41, 5.74) is 4.07. The van der Waals surface area contributed by atoms with Crippen molar-refractivity contribution >= 4 is 44.5 Å². The van der Waals surface area contributed by atoms with Crippen molar-refractivity contribution in [1.29, 1.82) is 0 Å². The van der Waals surface area contributed by atoms with Gasteiger partial charge in [-0.25, -0.2) is 4.98 Å². The second-order valence-corrected chi connectivity index (χ2v) is 8.35. The highest BCUT2D eigenvalue weighted by Crippen LogP contribution is 2.29. The molecule has 5 nitrogen and oxygen atoms in total. The topological polar surface area (TPSA) is 63.2 Å². The molecule has 0 saturated heterocycles. The summed E-state index contributed by atoms with van der Waals surface area (Å²) in [6.45, 7) is 0. The van der Waals surface area contributed by atoms with E-state index in [9.17, 15) is 4.79 Å². The molecular formula is C27H21N3O2S. The minimum absolute atomic E-state index is 0.141. The number of benzene rings is 4. The van der Waals surface area contributed by atoms with Crippen LogP contribution in [0.4, 0.5) is 16.5 Å². The van der Waals surface area contributed by atoms with Gasteiger partial charge in [0.15, 0.2) is 5.13 Å². The van der Waals surface area contributed by atoms with Crippen molar-refractivity contribution in [1.82, 2.24) is 4.98 Å². The van der Waals surface area contributed by atoms with E-state index in [1.54, 1.807) is 7.11 Å². The Morgan fingerprint density at radius 1 is 0.848 bits per heavy atom. The average molecular weight is 452 g/mol. The summed E-state index contributed by atoms with van der Waals surface area (Å²) in [6.07, 6.45) is 0. The molecule has 162 valence electrons. The van der Waals surface area contributed by atoms with E-state index in [0.29, 0.717) is 5.56 Å². The molecule has 0 atom stereocenters. The number of anilines is 3. The summed E-state index contributed by atoms with van der Waals surface area (Å²) in [6, 6.07) is 29.1. The molecule has 1 heterocycles. The van der Waals surface area contributed by atoms with Gasteiger partial charge in [-0.2, -0.15) is 0 Å². The van der Waals surface area contributed by atoms with Gasteiger partial charge < -0.3 is 15.4 Å². The van der Waals surface area contributed by atoms with Crippen LogP contribution in [0.2, 0.25) is 0 Å². The fourth-order valence-corrected chi connectivity index (χ4v) is 4.29. The zero-order valence-corrected chi connectivity index (χ0v) is 18.7. The summed E-state index contributed by atoms with van der Waals surface area (Å²) in [5, 5.41) is 11.2. The average Bonchev–Trinajstić information content (AvgIpc) is 3.33. The molecule has 5 rings (SSSR count). The van der Waals surface area contributed by atoms with Crippen molar-refractivity contribution < 1.29 is 9.53 Å². The second-order valence-electron chi connectivity index (χ2n) is 7.49. The van der Waals surface area contributed by atoms with Crippen LogP contribution in [0.1, 0.15) is 10.4 Å². The Labute approximate surface area is 195 Å². The molecule has 5 aromatic rings. The standard InChI is InChI=1S/C27H21N3O2S/c1-32-24-13-11-22(12-14-24)29-27-30-25(17-33-27)20-7-4-8-23(16-20)28-26(31)21-10-9-18-5-2-3-6-19(18)15-21/h2-17H,1H3,(H,28,31)(H,29,30). The molecule has 0 unspecified atom stereocenters. The maximum absolute atomic E-state index is 12.8. The monoisotopic (exact) mass is 451 g/mol. The van der Waals surface area contributed by atoms with Gasteiger partial charge in [0.1, 0.15) is 5.75 Å². The maximum atomic E-state index is 12.8. The minimum Gasteiger partial charge on any atom is -0.497 e. The molecule has 6 heteroatoms. The number of hydrogen-bond donors (Lipinski definition) is 2. The SMILES string of the molecule is COc1ccc(Nc2nc(-c3cccc(NC(=O)c4ccc5ccccc5c4)c3)cs2)cc1. The van der Waals surface area contributed by atoms with Gasteiger partial charge in [-0.15, -0.1) is 11.3 Å². The Hall–Kier alpha value is -4.16. The molecule has 1 amide bonds. The Balaban J connectivity index is 1.31. The number of hydrogen-bond acceptors (Lipinski definition) is 5. The maximum Gasteiger partial charge on any atom is 0.255 e. The van der Waals surface area contributed by atoms with Gasteiger partial charge in [0.25, 0.3) is 5.91 Å². The third-order valence-electron chi connectivity index (χ3n) is 5.27. The van der Waals surface area contributed by atoms with E-state index >= 15 is 0 Å². The largest absolute Gasteiger partial charge is 0.497 e. The van der Waals surface area contributed by atoms with Crippen LogP contribution in [0.25, 0.3) is 22.0 Å². The fraction of sp³-hybridized carbons (Fsp3) is 0.0370. The molecule has 0 fully saturated rings. The van der Waals surface area contributed by atoms with E-state index in [2.05, 4.69) is 10.6 Å². The summed E-state index contributed by atoms with van der Waals surface area (Å²) in [7, 11) is 1.65. The number of rotatable bonds is 6.